The van der Waals surface area contributed by atoms with Crippen molar-refractivity contribution >= 4 is 29.1 Å². The molecule has 0 bridgehead atoms. The Morgan fingerprint density at radius 1 is 0.974 bits per heavy atom. The summed E-state index contributed by atoms with van der Waals surface area (Å²) in [6.07, 6.45) is 1.82. The minimum absolute atomic E-state index is 0.193. The Labute approximate surface area is 229 Å². The fourth-order valence-electron chi connectivity index (χ4n) is 4.57. The van der Waals surface area contributed by atoms with Crippen LogP contribution in [-0.4, -0.2) is 30.9 Å². The molecule has 1 aliphatic heterocycles. The zero-order valence-electron chi connectivity index (χ0n) is 21.9. The first-order valence-electron chi connectivity index (χ1n) is 12.7. The smallest absolute Gasteiger partial charge is 0.338 e. The topological polar surface area (TPSA) is 79.1 Å². The van der Waals surface area contributed by atoms with Crippen LogP contribution in [-0.2, 0) is 9.53 Å². The number of carbonyl (C=O) groups excluding carboxylic acids is 1. The maximum Gasteiger partial charge on any atom is 0.338 e. The van der Waals surface area contributed by atoms with Gasteiger partial charge in [0.05, 0.1) is 42.2 Å². The number of aromatic nitrogens is 1. The molecule has 7 nitrogen and oxygen atoms in total. The van der Waals surface area contributed by atoms with E-state index in [4.69, 9.17) is 19.2 Å². The summed E-state index contributed by atoms with van der Waals surface area (Å²) >= 11 is 1.28. The molecular formula is C31H28N2O5S. The van der Waals surface area contributed by atoms with Crippen molar-refractivity contribution in [3.8, 4) is 11.5 Å². The molecule has 39 heavy (non-hydrogen) atoms. The minimum Gasteiger partial charge on any atom is -0.497 e. The van der Waals surface area contributed by atoms with Gasteiger partial charge in [-0.15, -0.1) is 0 Å². The second kappa shape index (κ2) is 11.5. The summed E-state index contributed by atoms with van der Waals surface area (Å²) < 4.78 is 18.7. The van der Waals surface area contributed by atoms with E-state index in [0.29, 0.717) is 38.7 Å². The molecule has 0 radical (unpaired) electrons. The number of para-hydroxylation sites is 1. The van der Waals surface area contributed by atoms with Gasteiger partial charge in [-0.05, 0) is 43.7 Å². The van der Waals surface area contributed by atoms with Gasteiger partial charge in [0.25, 0.3) is 5.56 Å². The summed E-state index contributed by atoms with van der Waals surface area (Å²) in [6.45, 7) is 4.38. The molecule has 0 saturated heterocycles. The average Bonchev–Trinajstić information content (AvgIpc) is 3.28. The summed E-state index contributed by atoms with van der Waals surface area (Å²) in [5.41, 5.74) is 2.83. The van der Waals surface area contributed by atoms with Crippen molar-refractivity contribution in [3.05, 3.63) is 121 Å². The quantitative estimate of drug-likeness (QED) is 0.311. The van der Waals surface area contributed by atoms with Crippen LogP contribution in [0.2, 0.25) is 0 Å². The highest BCUT2D eigenvalue weighted by Crippen LogP contribution is 2.35. The van der Waals surface area contributed by atoms with Crippen LogP contribution in [0.25, 0.3) is 11.8 Å². The van der Waals surface area contributed by atoms with Gasteiger partial charge < -0.3 is 14.2 Å². The molecule has 4 aromatic rings. The van der Waals surface area contributed by atoms with Crippen LogP contribution < -0.4 is 24.4 Å². The molecule has 198 valence electrons. The number of hydrogen-bond donors (Lipinski definition) is 0. The third kappa shape index (κ3) is 5.15. The van der Waals surface area contributed by atoms with Crippen LogP contribution in [0.15, 0.2) is 94.2 Å². The second-order valence-electron chi connectivity index (χ2n) is 8.68. The molecule has 0 fully saturated rings. The molecule has 3 aromatic carbocycles. The fraction of sp³-hybridized carbons (Fsp3) is 0.194. The second-order valence-corrected chi connectivity index (χ2v) is 9.68. The average molecular weight is 541 g/mol. The number of benzene rings is 3. The summed E-state index contributed by atoms with van der Waals surface area (Å²) in [4.78, 5) is 32.9. The largest absolute Gasteiger partial charge is 0.497 e. The SMILES string of the molecule is CCOC(=O)C1=C(c2ccccc2)N=c2s/c(=C\c3ccccc3OCC)c(=O)n2[C@@H]1c1ccc(OC)cc1. The monoisotopic (exact) mass is 540 g/mol. The van der Waals surface area contributed by atoms with E-state index in [9.17, 15) is 9.59 Å². The number of hydrogen-bond acceptors (Lipinski definition) is 7. The Morgan fingerprint density at radius 2 is 1.69 bits per heavy atom. The summed E-state index contributed by atoms with van der Waals surface area (Å²) in [6, 6.07) is 23.7. The number of esters is 1. The fourth-order valence-corrected chi connectivity index (χ4v) is 5.56. The molecule has 0 unspecified atom stereocenters. The van der Waals surface area contributed by atoms with Crippen molar-refractivity contribution in [1.29, 1.82) is 0 Å². The highest BCUT2D eigenvalue weighted by atomic mass is 32.1. The van der Waals surface area contributed by atoms with Crippen LogP contribution in [0.5, 0.6) is 11.5 Å². The van der Waals surface area contributed by atoms with Crippen molar-refractivity contribution < 1.29 is 19.0 Å². The van der Waals surface area contributed by atoms with E-state index in [0.717, 1.165) is 16.7 Å². The van der Waals surface area contributed by atoms with Gasteiger partial charge in [0.15, 0.2) is 4.80 Å². The number of thiazole rings is 1. The molecule has 2 heterocycles. The predicted molar refractivity (Wildman–Crippen MR) is 152 cm³/mol. The first-order chi connectivity index (χ1) is 19.0. The van der Waals surface area contributed by atoms with Crippen molar-refractivity contribution in [2.24, 2.45) is 4.99 Å². The molecule has 8 heteroatoms. The predicted octanol–water partition coefficient (Wildman–Crippen LogP) is 4.34. The molecule has 0 aliphatic carbocycles. The summed E-state index contributed by atoms with van der Waals surface area (Å²) in [5.74, 6) is 0.843. The van der Waals surface area contributed by atoms with E-state index in [-0.39, 0.29) is 12.2 Å². The number of methoxy groups -OCH3 is 1. The van der Waals surface area contributed by atoms with Gasteiger partial charge in [0.2, 0.25) is 0 Å². The van der Waals surface area contributed by atoms with Crippen LogP contribution in [0.4, 0.5) is 0 Å². The lowest BCUT2D eigenvalue weighted by Gasteiger charge is -2.26. The van der Waals surface area contributed by atoms with Gasteiger partial charge >= 0.3 is 5.97 Å². The molecule has 1 atom stereocenters. The van der Waals surface area contributed by atoms with Gasteiger partial charge in [-0.2, -0.15) is 0 Å². The zero-order valence-corrected chi connectivity index (χ0v) is 22.7. The van der Waals surface area contributed by atoms with Crippen molar-refractivity contribution in [3.63, 3.8) is 0 Å². The van der Waals surface area contributed by atoms with Crippen molar-refractivity contribution in [1.82, 2.24) is 4.57 Å². The molecule has 0 amide bonds. The van der Waals surface area contributed by atoms with Crippen LogP contribution in [0, 0.1) is 0 Å². The lowest BCUT2D eigenvalue weighted by Crippen LogP contribution is -2.40. The first kappa shape index (κ1) is 26.2. The highest BCUT2D eigenvalue weighted by molar-refractivity contribution is 7.07. The van der Waals surface area contributed by atoms with E-state index in [2.05, 4.69) is 0 Å². The number of fused-ring (bicyclic) bond motifs is 1. The Balaban J connectivity index is 1.81. The van der Waals surface area contributed by atoms with Gasteiger partial charge in [0.1, 0.15) is 11.5 Å². The molecule has 0 saturated carbocycles. The third-order valence-electron chi connectivity index (χ3n) is 6.31. The summed E-state index contributed by atoms with van der Waals surface area (Å²) in [7, 11) is 1.59. The number of rotatable bonds is 8. The highest BCUT2D eigenvalue weighted by Gasteiger charge is 2.35. The zero-order chi connectivity index (χ0) is 27.4. The van der Waals surface area contributed by atoms with Gasteiger partial charge in [-0.1, -0.05) is 72.0 Å². The molecular weight excluding hydrogens is 512 g/mol. The minimum atomic E-state index is -0.745. The van der Waals surface area contributed by atoms with Crippen LogP contribution in [0.1, 0.15) is 36.6 Å². The number of carbonyl (C=O) groups is 1. The Kier molecular flexibility index (Phi) is 7.74. The van der Waals surface area contributed by atoms with Crippen LogP contribution in [0.3, 0.4) is 0 Å². The number of ether oxygens (including phenoxy) is 3. The van der Waals surface area contributed by atoms with Gasteiger partial charge in [-0.25, -0.2) is 9.79 Å². The van der Waals surface area contributed by atoms with E-state index in [1.807, 2.05) is 91.9 Å². The molecule has 1 aliphatic rings. The van der Waals surface area contributed by atoms with Gasteiger partial charge in [-0.3, -0.25) is 9.36 Å². The number of nitrogens with zero attached hydrogens (tertiary/aromatic N) is 2. The Morgan fingerprint density at radius 3 is 2.38 bits per heavy atom. The molecule has 5 rings (SSSR count). The van der Waals surface area contributed by atoms with E-state index in [1.165, 1.54) is 11.3 Å². The third-order valence-corrected chi connectivity index (χ3v) is 7.29. The van der Waals surface area contributed by atoms with Crippen molar-refractivity contribution in [2.75, 3.05) is 20.3 Å². The van der Waals surface area contributed by atoms with E-state index >= 15 is 0 Å². The molecule has 1 aromatic heterocycles. The normalized spacial score (nSPS) is 14.9. The maximum atomic E-state index is 14.0. The Bertz CT molecular complexity index is 1700. The van der Waals surface area contributed by atoms with Crippen LogP contribution >= 0.6 is 11.3 Å². The molecule has 0 spiro atoms. The lowest BCUT2D eigenvalue weighted by molar-refractivity contribution is -0.138. The lowest BCUT2D eigenvalue weighted by atomic mass is 9.93. The van der Waals surface area contributed by atoms with E-state index in [1.54, 1.807) is 18.6 Å². The Hall–Kier alpha value is -4.43. The molecule has 0 N–H and O–H groups in total. The summed E-state index contributed by atoms with van der Waals surface area (Å²) in [5, 5.41) is 0. The maximum absolute atomic E-state index is 14.0. The van der Waals surface area contributed by atoms with Crippen molar-refractivity contribution in [2.45, 2.75) is 19.9 Å². The van der Waals surface area contributed by atoms with Gasteiger partial charge in [0, 0.05) is 11.1 Å². The van der Waals surface area contributed by atoms with E-state index < -0.39 is 12.0 Å². The first-order valence-corrected chi connectivity index (χ1v) is 13.5. The standard InChI is InChI=1S/C31H28N2O5S/c1-4-37-24-14-10-9-13-22(24)19-25-29(34)33-28(21-15-17-23(36-3)18-16-21)26(30(35)38-5-2)27(32-31(33)39-25)20-11-7-6-8-12-20/h6-19,28H,4-5H2,1-3H3/b25-19-/t28-/m1/s1.